The third kappa shape index (κ3) is 3.96. The van der Waals surface area contributed by atoms with Crippen molar-refractivity contribution in [1.29, 1.82) is 0 Å². The molecule has 0 saturated carbocycles. The summed E-state index contributed by atoms with van der Waals surface area (Å²) in [6.45, 7) is 5.23. The maximum Gasteiger partial charge on any atom is 0.227 e. The van der Waals surface area contributed by atoms with Crippen molar-refractivity contribution in [1.82, 2.24) is 4.90 Å². The van der Waals surface area contributed by atoms with E-state index in [0.29, 0.717) is 13.0 Å². The molecule has 1 atom stereocenters. The molecule has 1 aliphatic heterocycles. The van der Waals surface area contributed by atoms with Crippen molar-refractivity contribution in [2.45, 2.75) is 32.3 Å². The molecule has 0 spiro atoms. The number of carbonyl (C=O) groups is 1. The van der Waals surface area contributed by atoms with Crippen LogP contribution >= 0.6 is 0 Å². The van der Waals surface area contributed by atoms with Gasteiger partial charge in [-0.25, -0.2) is 0 Å². The van der Waals surface area contributed by atoms with Crippen molar-refractivity contribution < 1.29 is 15.0 Å². The molecular formula is C18H25NO3. The summed E-state index contributed by atoms with van der Waals surface area (Å²) in [5, 5.41) is 18.8. The molecule has 1 amide bonds. The lowest BCUT2D eigenvalue weighted by Crippen LogP contribution is -2.48. The number of allylic oxidation sites excluding steroid dienone is 1. The molecule has 4 heteroatoms. The first-order valence-electron chi connectivity index (χ1n) is 7.81. The number of piperidine rings is 1. The van der Waals surface area contributed by atoms with E-state index in [1.165, 1.54) is 0 Å². The zero-order valence-electron chi connectivity index (χ0n) is 13.0. The van der Waals surface area contributed by atoms with Crippen LogP contribution in [0.2, 0.25) is 0 Å². The van der Waals surface area contributed by atoms with Gasteiger partial charge in [0.25, 0.3) is 0 Å². The minimum absolute atomic E-state index is 0.0148. The molecule has 1 aromatic rings. The molecule has 4 nitrogen and oxygen atoms in total. The van der Waals surface area contributed by atoms with Crippen LogP contribution in [-0.2, 0) is 17.8 Å². The Morgan fingerprint density at radius 2 is 1.95 bits per heavy atom. The van der Waals surface area contributed by atoms with Crippen LogP contribution in [0, 0.1) is 5.41 Å². The predicted molar refractivity (Wildman–Crippen MR) is 86.2 cm³/mol. The first-order chi connectivity index (χ1) is 10.6. The maximum atomic E-state index is 12.5. The molecule has 0 bridgehead atoms. The summed E-state index contributed by atoms with van der Waals surface area (Å²) in [4.78, 5) is 14.4. The first-order valence-corrected chi connectivity index (χ1v) is 7.81. The number of rotatable bonds is 6. The predicted octanol–water partition coefficient (Wildman–Crippen LogP) is 1.90. The SMILES string of the molecule is C=CC[C@@]1(CO)CCCN(C(=O)Cc2ccc(CO)cc2)C1. The molecule has 1 aromatic carbocycles. The number of amides is 1. The van der Waals surface area contributed by atoms with E-state index in [9.17, 15) is 9.90 Å². The molecular weight excluding hydrogens is 278 g/mol. The van der Waals surface area contributed by atoms with E-state index in [1.807, 2.05) is 35.2 Å². The van der Waals surface area contributed by atoms with Gasteiger partial charge in [0, 0.05) is 18.5 Å². The normalized spacial score (nSPS) is 21.6. The zero-order chi connectivity index (χ0) is 16.0. The fourth-order valence-corrected chi connectivity index (χ4v) is 3.14. The van der Waals surface area contributed by atoms with Crippen LogP contribution in [-0.4, -0.2) is 40.7 Å². The Morgan fingerprint density at radius 3 is 2.55 bits per heavy atom. The third-order valence-electron chi connectivity index (χ3n) is 4.49. The smallest absolute Gasteiger partial charge is 0.227 e. The molecule has 0 unspecified atom stereocenters. The number of aliphatic hydroxyl groups is 2. The van der Waals surface area contributed by atoms with Crippen LogP contribution in [0.1, 0.15) is 30.4 Å². The van der Waals surface area contributed by atoms with Crippen LogP contribution in [0.4, 0.5) is 0 Å². The van der Waals surface area contributed by atoms with Crippen LogP contribution in [0.15, 0.2) is 36.9 Å². The average Bonchev–Trinajstić information content (AvgIpc) is 2.56. The maximum absolute atomic E-state index is 12.5. The zero-order valence-corrected chi connectivity index (χ0v) is 13.0. The summed E-state index contributed by atoms with van der Waals surface area (Å²) in [5.74, 6) is 0.0957. The van der Waals surface area contributed by atoms with Gasteiger partial charge in [-0.1, -0.05) is 30.3 Å². The molecule has 1 saturated heterocycles. The van der Waals surface area contributed by atoms with Crippen molar-refractivity contribution in [3.8, 4) is 0 Å². The highest BCUT2D eigenvalue weighted by molar-refractivity contribution is 5.79. The Morgan fingerprint density at radius 1 is 1.27 bits per heavy atom. The number of hydrogen-bond acceptors (Lipinski definition) is 3. The largest absolute Gasteiger partial charge is 0.396 e. The van der Waals surface area contributed by atoms with E-state index < -0.39 is 0 Å². The van der Waals surface area contributed by atoms with Crippen molar-refractivity contribution >= 4 is 5.91 Å². The summed E-state index contributed by atoms with van der Waals surface area (Å²) in [6.07, 6.45) is 4.78. The van der Waals surface area contributed by atoms with E-state index >= 15 is 0 Å². The topological polar surface area (TPSA) is 60.8 Å². The van der Waals surface area contributed by atoms with Gasteiger partial charge in [-0.2, -0.15) is 0 Å². The number of benzene rings is 1. The second-order valence-corrected chi connectivity index (χ2v) is 6.22. The lowest BCUT2D eigenvalue weighted by molar-refractivity contribution is -0.134. The van der Waals surface area contributed by atoms with Gasteiger partial charge in [0.15, 0.2) is 0 Å². The highest BCUT2D eigenvalue weighted by Gasteiger charge is 2.35. The Hall–Kier alpha value is -1.65. The minimum Gasteiger partial charge on any atom is -0.396 e. The summed E-state index contributed by atoms with van der Waals surface area (Å²) in [7, 11) is 0. The van der Waals surface area contributed by atoms with Gasteiger partial charge in [0.2, 0.25) is 5.91 Å². The summed E-state index contributed by atoms with van der Waals surface area (Å²) >= 11 is 0. The van der Waals surface area contributed by atoms with Gasteiger partial charge in [-0.05, 0) is 30.4 Å². The molecule has 1 fully saturated rings. The second kappa shape index (κ2) is 7.56. The highest BCUT2D eigenvalue weighted by atomic mass is 16.3. The Bertz CT molecular complexity index is 512. The molecule has 22 heavy (non-hydrogen) atoms. The monoisotopic (exact) mass is 303 g/mol. The fraction of sp³-hybridized carbons (Fsp3) is 0.500. The number of nitrogens with zero attached hydrogens (tertiary/aromatic N) is 1. The lowest BCUT2D eigenvalue weighted by atomic mass is 9.77. The Balaban J connectivity index is 2.00. The fourth-order valence-electron chi connectivity index (χ4n) is 3.14. The second-order valence-electron chi connectivity index (χ2n) is 6.22. The van der Waals surface area contributed by atoms with Gasteiger partial charge >= 0.3 is 0 Å². The van der Waals surface area contributed by atoms with E-state index in [1.54, 1.807) is 0 Å². The molecule has 0 aliphatic carbocycles. The van der Waals surface area contributed by atoms with Gasteiger partial charge < -0.3 is 15.1 Å². The van der Waals surface area contributed by atoms with Crippen molar-refractivity contribution in [2.24, 2.45) is 5.41 Å². The van der Waals surface area contributed by atoms with Gasteiger partial charge in [0.1, 0.15) is 0 Å². The first kappa shape index (κ1) is 16.7. The van der Waals surface area contributed by atoms with Crippen LogP contribution < -0.4 is 0 Å². The van der Waals surface area contributed by atoms with Crippen LogP contribution in [0.25, 0.3) is 0 Å². The Labute approximate surface area is 132 Å². The molecule has 0 aromatic heterocycles. The summed E-state index contributed by atoms with van der Waals surface area (Å²) in [5.41, 5.74) is 1.57. The van der Waals surface area contributed by atoms with Gasteiger partial charge in [-0.3, -0.25) is 4.79 Å². The standard InChI is InChI=1S/C18H25NO3/c1-2-8-18(14-21)9-3-10-19(13-18)17(22)11-15-4-6-16(12-20)7-5-15/h2,4-7,20-21H,1,3,8-14H2/t18-/m1/s1. The highest BCUT2D eigenvalue weighted by Crippen LogP contribution is 2.33. The number of carbonyl (C=O) groups excluding carboxylic acids is 1. The van der Waals surface area contributed by atoms with Crippen LogP contribution in [0.3, 0.4) is 0 Å². The van der Waals surface area contributed by atoms with Gasteiger partial charge in [0.05, 0.1) is 19.6 Å². The lowest BCUT2D eigenvalue weighted by Gasteiger charge is -2.41. The quantitative estimate of drug-likeness (QED) is 0.789. The molecule has 1 aliphatic rings. The number of hydrogen-bond donors (Lipinski definition) is 2. The molecule has 0 radical (unpaired) electrons. The third-order valence-corrected chi connectivity index (χ3v) is 4.49. The van der Waals surface area contributed by atoms with Crippen LogP contribution in [0.5, 0.6) is 0 Å². The van der Waals surface area contributed by atoms with Gasteiger partial charge in [-0.15, -0.1) is 6.58 Å². The van der Waals surface area contributed by atoms with Crippen molar-refractivity contribution in [3.63, 3.8) is 0 Å². The number of aliphatic hydroxyl groups excluding tert-OH is 2. The summed E-state index contributed by atoms with van der Waals surface area (Å²) < 4.78 is 0. The van der Waals surface area contributed by atoms with E-state index in [0.717, 1.165) is 36.9 Å². The van der Waals surface area contributed by atoms with E-state index in [4.69, 9.17) is 5.11 Å². The van der Waals surface area contributed by atoms with E-state index in [2.05, 4.69) is 6.58 Å². The molecule has 1 heterocycles. The Kier molecular flexibility index (Phi) is 5.75. The molecule has 2 rings (SSSR count). The van der Waals surface area contributed by atoms with Crippen molar-refractivity contribution in [2.75, 3.05) is 19.7 Å². The number of likely N-dealkylation sites (tertiary alicyclic amines) is 1. The average molecular weight is 303 g/mol. The van der Waals surface area contributed by atoms with Crippen molar-refractivity contribution in [3.05, 3.63) is 48.0 Å². The minimum atomic E-state index is -0.226. The van der Waals surface area contributed by atoms with E-state index in [-0.39, 0.29) is 24.5 Å². The molecule has 120 valence electrons. The summed E-state index contributed by atoms with van der Waals surface area (Å²) in [6, 6.07) is 7.45. The molecule has 2 N–H and O–H groups in total.